The number of nitrogens with zero attached hydrogens (tertiary/aromatic N) is 2. The van der Waals surface area contributed by atoms with Gasteiger partial charge in [-0.3, -0.25) is 9.36 Å². The lowest BCUT2D eigenvalue weighted by Gasteiger charge is -2.11. The molecule has 4 rings (SSSR count). The smallest absolute Gasteiger partial charge is 0.272 e. The molecular formula is C18H12ClFN2O2S2. The second kappa shape index (κ2) is 7.26. The molecule has 0 N–H and O–H groups in total. The lowest BCUT2D eigenvalue weighted by molar-refractivity contribution is 0.477. The number of aromatic nitrogens is 2. The van der Waals surface area contributed by atoms with Crippen LogP contribution in [0.3, 0.4) is 0 Å². The predicted molar refractivity (Wildman–Crippen MR) is 103 cm³/mol. The molecule has 0 unspecified atom stereocenters. The van der Waals surface area contributed by atoms with Gasteiger partial charge in [0.2, 0.25) is 0 Å². The number of fused-ring (bicyclic) bond motifs is 1. The van der Waals surface area contributed by atoms with Gasteiger partial charge in [0, 0.05) is 16.3 Å². The van der Waals surface area contributed by atoms with Gasteiger partial charge < -0.3 is 4.42 Å². The largest absolute Gasteiger partial charge is 0.467 e. The van der Waals surface area contributed by atoms with Crippen LogP contribution in [0, 0.1) is 5.82 Å². The summed E-state index contributed by atoms with van der Waals surface area (Å²) >= 11 is 8.73. The van der Waals surface area contributed by atoms with Gasteiger partial charge in [-0.05, 0) is 35.7 Å². The Hall–Kier alpha value is -2.09. The Bertz CT molecular complexity index is 1100. The Morgan fingerprint density at radius 3 is 2.92 bits per heavy atom. The maximum atomic E-state index is 14.0. The van der Waals surface area contributed by atoms with Crippen LogP contribution in [0.25, 0.3) is 10.2 Å². The fraction of sp³-hybridized carbons (Fsp3) is 0.111. The van der Waals surface area contributed by atoms with E-state index in [-0.39, 0.29) is 23.7 Å². The molecular weight excluding hydrogens is 395 g/mol. The molecule has 0 saturated carbocycles. The first kappa shape index (κ1) is 17.3. The fourth-order valence-electron chi connectivity index (χ4n) is 2.54. The number of hydrogen-bond acceptors (Lipinski definition) is 5. The summed E-state index contributed by atoms with van der Waals surface area (Å²) in [5.74, 6) is 0.545. The number of furan rings is 1. The van der Waals surface area contributed by atoms with Gasteiger partial charge in [0.25, 0.3) is 5.56 Å². The molecule has 1 aromatic carbocycles. The molecule has 26 heavy (non-hydrogen) atoms. The van der Waals surface area contributed by atoms with Gasteiger partial charge in [0.05, 0.1) is 18.3 Å². The summed E-state index contributed by atoms with van der Waals surface area (Å²) < 4.78 is 21.5. The third-order valence-corrected chi connectivity index (χ3v) is 6.08. The molecule has 132 valence electrons. The number of rotatable bonds is 5. The zero-order valence-electron chi connectivity index (χ0n) is 13.3. The van der Waals surface area contributed by atoms with E-state index in [9.17, 15) is 9.18 Å². The Kier molecular flexibility index (Phi) is 4.84. The normalized spacial score (nSPS) is 11.3. The monoisotopic (exact) mass is 406 g/mol. The van der Waals surface area contributed by atoms with E-state index in [2.05, 4.69) is 4.98 Å². The van der Waals surface area contributed by atoms with Crippen LogP contribution in [0.1, 0.15) is 11.3 Å². The van der Waals surface area contributed by atoms with E-state index in [0.717, 1.165) is 0 Å². The van der Waals surface area contributed by atoms with Crippen molar-refractivity contribution < 1.29 is 8.81 Å². The summed E-state index contributed by atoms with van der Waals surface area (Å²) in [4.78, 5) is 17.4. The van der Waals surface area contributed by atoms with Crippen molar-refractivity contribution in [2.45, 2.75) is 17.5 Å². The highest BCUT2D eigenvalue weighted by atomic mass is 35.5. The first-order valence-corrected chi connectivity index (χ1v) is 9.94. The quantitative estimate of drug-likeness (QED) is 0.338. The predicted octanol–water partition coefficient (Wildman–Crippen LogP) is 5.18. The van der Waals surface area contributed by atoms with E-state index < -0.39 is 0 Å². The van der Waals surface area contributed by atoms with Crippen molar-refractivity contribution in [3.63, 3.8) is 0 Å². The van der Waals surface area contributed by atoms with Crippen molar-refractivity contribution >= 4 is 44.9 Å². The second-order valence-corrected chi connectivity index (χ2v) is 7.75. The average Bonchev–Trinajstić information content (AvgIpc) is 3.29. The molecule has 4 aromatic rings. The molecule has 3 aromatic heterocycles. The third-order valence-electron chi connectivity index (χ3n) is 3.83. The van der Waals surface area contributed by atoms with E-state index in [1.165, 1.54) is 29.2 Å². The highest BCUT2D eigenvalue weighted by molar-refractivity contribution is 7.98. The Morgan fingerprint density at radius 1 is 1.27 bits per heavy atom. The van der Waals surface area contributed by atoms with Gasteiger partial charge in [-0.25, -0.2) is 9.37 Å². The molecule has 0 amide bonds. The zero-order valence-corrected chi connectivity index (χ0v) is 15.7. The molecule has 0 bridgehead atoms. The minimum atomic E-state index is -0.374. The number of hydrogen-bond donors (Lipinski definition) is 0. The Labute approximate surface area is 161 Å². The maximum absolute atomic E-state index is 14.0. The van der Waals surface area contributed by atoms with Crippen LogP contribution in [0.5, 0.6) is 0 Å². The van der Waals surface area contributed by atoms with Crippen molar-refractivity contribution in [2.24, 2.45) is 0 Å². The molecule has 0 spiro atoms. The summed E-state index contributed by atoms with van der Waals surface area (Å²) in [6.07, 6.45) is 1.56. The van der Waals surface area contributed by atoms with Crippen LogP contribution in [-0.2, 0) is 12.3 Å². The second-order valence-electron chi connectivity index (χ2n) is 5.49. The summed E-state index contributed by atoms with van der Waals surface area (Å²) in [6, 6.07) is 9.95. The van der Waals surface area contributed by atoms with Crippen molar-refractivity contribution in [3.05, 3.63) is 80.6 Å². The van der Waals surface area contributed by atoms with E-state index in [1.807, 2.05) is 5.38 Å². The molecule has 0 saturated heterocycles. The van der Waals surface area contributed by atoms with E-state index >= 15 is 0 Å². The van der Waals surface area contributed by atoms with E-state index in [4.69, 9.17) is 16.0 Å². The average molecular weight is 407 g/mol. The van der Waals surface area contributed by atoms with Crippen LogP contribution in [0.2, 0.25) is 5.02 Å². The molecule has 0 aliphatic carbocycles. The Morgan fingerprint density at radius 2 is 2.15 bits per heavy atom. The molecule has 0 atom stereocenters. The standard InChI is InChI=1S/C18H12ClFN2O2S2/c19-13-4-1-5-14(20)12(13)10-26-18-21-15-6-8-25-16(15)17(23)22(18)9-11-3-2-7-24-11/h1-8H,9-10H2. The lowest BCUT2D eigenvalue weighted by Crippen LogP contribution is -2.23. The van der Waals surface area contributed by atoms with Gasteiger partial charge in [-0.2, -0.15) is 0 Å². The lowest BCUT2D eigenvalue weighted by atomic mass is 10.2. The van der Waals surface area contributed by atoms with E-state index in [1.54, 1.807) is 41.2 Å². The van der Waals surface area contributed by atoms with Crippen LogP contribution in [0.15, 0.2) is 62.4 Å². The van der Waals surface area contributed by atoms with Crippen LogP contribution >= 0.6 is 34.7 Å². The first-order valence-electron chi connectivity index (χ1n) is 7.69. The van der Waals surface area contributed by atoms with Crippen LogP contribution in [0.4, 0.5) is 4.39 Å². The summed E-state index contributed by atoms with van der Waals surface area (Å²) in [6.45, 7) is 0.264. The Balaban J connectivity index is 1.74. The molecule has 3 heterocycles. The first-order chi connectivity index (χ1) is 12.6. The topological polar surface area (TPSA) is 48.0 Å². The third kappa shape index (κ3) is 3.30. The van der Waals surface area contributed by atoms with Gasteiger partial charge in [0.1, 0.15) is 16.3 Å². The number of thiophene rings is 1. The minimum absolute atomic E-state index is 0.136. The fourth-order valence-corrected chi connectivity index (χ4v) is 4.66. The highest BCUT2D eigenvalue weighted by Gasteiger charge is 2.16. The van der Waals surface area contributed by atoms with Crippen molar-refractivity contribution in [1.82, 2.24) is 9.55 Å². The van der Waals surface area contributed by atoms with Crippen molar-refractivity contribution in [1.29, 1.82) is 0 Å². The van der Waals surface area contributed by atoms with Gasteiger partial charge in [0.15, 0.2) is 5.16 Å². The summed E-state index contributed by atoms with van der Waals surface area (Å²) in [5.41, 5.74) is 0.893. The zero-order chi connectivity index (χ0) is 18.1. The molecule has 0 fully saturated rings. The van der Waals surface area contributed by atoms with Crippen LogP contribution < -0.4 is 5.56 Å². The highest BCUT2D eigenvalue weighted by Crippen LogP contribution is 2.29. The van der Waals surface area contributed by atoms with Crippen LogP contribution in [-0.4, -0.2) is 9.55 Å². The van der Waals surface area contributed by atoms with Gasteiger partial charge in [-0.1, -0.05) is 29.4 Å². The molecule has 0 radical (unpaired) electrons. The van der Waals surface area contributed by atoms with E-state index in [0.29, 0.717) is 31.7 Å². The number of thioether (sulfide) groups is 1. The molecule has 0 aliphatic rings. The van der Waals surface area contributed by atoms with Gasteiger partial charge in [-0.15, -0.1) is 11.3 Å². The molecule has 0 aliphatic heterocycles. The molecule has 4 nitrogen and oxygen atoms in total. The number of benzene rings is 1. The van der Waals surface area contributed by atoms with Gasteiger partial charge >= 0.3 is 0 Å². The summed E-state index contributed by atoms with van der Waals surface area (Å²) in [7, 11) is 0. The van der Waals surface area contributed by atoms with Crippen molar-refractivity contribution in [2.75, 3.05) is 0 Å². The minimum Gasteiger partial charge on any atom is -0.467 e. The summed E-state index contributed by atoms with van der Waals surface area (Å²) in [5, 5.41) is 2.68. The number of halogens is 2. The molecule has 8 heteroatoms. The SMILES string of the molecule is O=c1c2sccc2nc(SCc2c(F)cccc2Cl)n1Cc1ccco1. The maximum Gasteiger partial charge on any atom is 0.272 e. The van der Waals surface area contributed by atoms with Crippen molar-refractivity contribution in [3.8, 4) is 0 Å².